The second-order valence-corrected chi connectivity index (χ2v) is 5.93. The number of carboxylic acid groups (broad SMARTS) is 1. The summed E-state index contributed by atoms with van der Waals surface area (Å²) < 4.78 is 0. The van der Waals surface area contributed by atoms with Crippen molar-refractivity contribution in [2.45, 2.75) is 32.1 Å². The molecule has 21 heavy (non-hydrogen) atoms. The van der Waals surface area contributed by atoms with E-state index in [-0.39, 0.29) is 17.9 Å². The van der Waals surface area contributed by atoms with E-state index in [4.69, 9.17) is 11.6 Å². The molecule has 0 aromatic heterocycles. The van der Waals surface area contributed by atoms with Crippen molar-refractivity contribution in [2.75, 3.05) is 6.54 Å². The SMILES string of the molecule is O=C(NCC1(C(=O)O)CCCCC1)c1ccc(Cl)cc1O. The number of halogens is 1. The largest absolute Gasteiger partial charge is 0.507 e. The number of carboxylic acids is 1. The lowest BCUT2D eigenvalue weighted by atomic mass is 9.74. The molecule has 0 heterocycles. The Bertz CT molecular complexity index is 553. The van der Waals surface area contributed by atoms with Crippen molar-refractivity contribution in [3.8, 4) is 5.75 Å². The zero-order chi connectivity index (χ0) is 15.5. The van der Waals surface area contributed by atoms with Gasteiger partial charge in [-0.3, -0.25) is 9.59 Å². The fourth-order valence-electron chi connectivity index (χ4n) is 2.74. The number of phenols is 1. The third-order valence-corrected chi connectivity index (χ3v) is 4.29. The molecule has 3 N–H and O–H groups in total. The first-order chi connectivity index (χ1) is 9.94. The van der Waals surface area contributed by atoms with E-state index in [1.807, 2.05) is 0 Å². The Balaban J connectivity index is 2.07. The molecule has 1 amide bonds. The number of benzene rings is 1. The van der Waals surface area contributed by atoms with Crippen LogP contribution in [0.25, 0.3) is 0 Å². The van der Waals surface area contributed by atoms with Crippen LogP contribution in [-0.4, -0.2) is 28.6 Å². The number of carbonyl (C=O) groups excluding carboxylic acids is 1. The Kier molecular flexibility index (Phi) is 4.73. The van der Waals surface area contributed by atoms with Gasteiger partial charge in [0.25, 0.3) is 5.91 Å². The number of hydrogen-bond donors (Lipinski definition) is 3. The van der Waals surface area contributed by atoms with Crippen LogP contribution in [0.5, 0.6) is 5.75 Å². The molecule has 0 saturated heterocycles. The van der Waals surface area contributed by atoms with Gasteiger partial charge in [-0.15, -0.1) is 0 Å². The number of nitrogens with one attached hydrogen (secondary N) is 1. The zero-order valence-electron chi connectivity index (χ0n) is 11.6. The Morgan fingerprint density at radius 1 is 1.24 bits per heavy atom. The molecule has 1 aromatic rings. The summed E-state index contributed by atoms with van der Waals surface area (Å²) in [7, 11) is 0. The Morgan fingerprint density at radius 2 is 1.90 bits per heavy atom. The van der Waals surface area contributed by atoms with Crippen molar-refractivity contribution >= 4 is 23.5 Å². The van der Waals surface area contributed by atoms with Gasteiger partial charge in [-0.05, 0) is 31.0 Å². The summed E-state index contributed by atoms with van der Waals surface area (Å²) in [5.74, 6) is -1.58. The summed E-state index contributed by atoms with van der Waals surface area (Å²) in [6, 6.07) is 4.20. The molecular formula is C15H18ClNO4. The predicted octanol–water partition coefficient (Wildman–Crippen LogP) is 2.81. The highest BCUT2D eigenvalue weighted by molar-refractivity contribution is 6.30. The van der Waals surface area contributed by atoms with E-state index < -0.39 is 17.3 Å². The maximum Gasteiger partial charge on any atom is 0.311 e. The van der Waals surface area contributed by atoms with Gasteiger partial charge in [-0.2, -0.15) is 0 Å². The van der Waals surface area contributed by atoms with Gasteiger partial charge in [0, 0.05) is 11.6 Å². The van der Waals surface area contributed by atoms with Crippen LogP contribution in [0.1, 0.15) is 42.5 Å². The van der Waals surface area contributed by atoms with Crippen LogP contribution in [0.3, 0.4) is 0 Å². The predicted molar refractivity (Wildman–Crippen MR) is 78.6 cm³/mol. The number of amides is 1. The molecule has 0 spiro atoms. The maximum atomic E-state index is 12.1. The number of phenolic OH excluding ortho intramolecular Hbond substituents is 1. The fraction of sp³-hybridized carbons (Fsp3) is 0.467. The molecule has 6 heteroatoms. The van der Waals surface area contributed by atoms with E-state index in [0.717, 1.165) is 19.3 Å². The summed E-state index contributed by atoms with van der Waals surface area (Å²) >= 11 is 5.71. The van der Waals surface area contributed by atoms with Gasteiger partial charge in [0.1, 0.15) is 5.75 Å². The van der Waals surface area contributed by atoms with Crippen LogP contribution in [0.15, 0.2) is 18.2 Å². The van der Waals surface area contributed by atoms with Crippen molar-refractivity contribution in [3.05, 3.63) is 28.8 Å². The van der Waals surface area contributed by atoms with E-state index in [1.165, 1.54) is 18.2 Å². The van der Waals surface area contributed by atoms with Crippen molar-refractivity contribution in [1.29, 1.82) is 0 Å². The van der Waals surface area contributed by atoms with Crippen LogP contribution in [-0.2, 0) is 4.79 Å². The summed E-state index contributed by atoms with van der Waals surface area (Å²) in [5.41, 5.74) is -0.800. The fourth-order valence-corrected chi connectivity index (χ4v) is 2.90. The molecule has 1 aliphatic carbocycles. The second kappa shape index (κ2) is 6.35. The Morgan fingerprint density at radius 3 is 2.48 bits per heavy atom. The minimum absolute atomic E-state index is 0.0727. The van der Waals surface area contributed by atoms with Crippen LogP contribution < -0.4 is 5.32 Å². The number of rotatable bonds is 4. The van der Waals surface area contributed by atoms with Crippen molar-refractivity contribution in [3.63, 3.8) is 0 Å². The molecule has 0 radical (unpaired) electrons. The lowest BCUT2D eigenvalue weighted by Crippen LogP contribution is -2.44. The summed E-state index contributed by atoms with van der Waals surface area (Å²) in [6.45, 7) is 0.0727. The lowest BCUT2D eigenvalue weighted by Gasteiger charge is -2.33. The first-order valence-corrected chi connectivity index (χ1v) is 7.32. The van der Waals surface area contributed by atoms with E-state index in [0.29, 0.717) is 17.9 Å². The first-order valence-electron chi connectivity index (χ1n) is 6.95. The standard InChI is InChI=1S/C15H18ClNO4/c16-10-4-5-11(12(18)8-10)13(19)17-9-15(14(20)21)6-2-1-3-7-15/h4-5,8,18H,1-3,6-7,9H2,(H,17,19)(H,20,21). The second-order valence-electron chi connectivity index (χ2n) is 5.49. The minimum Gasteiger partial charge on any atom is -0.507 e. The normalized spacial score (nSPS) is 17.2. The number of hydrogen-bond acceptors (Lipinski definition) is 3. The van der Waals surface area contributed by atoms with Gasteiger partial charge in [0.2, 0.25) is 0 Å². The van der Waals surface area contributed by atoms with Gasteiger partial charge < -0.3 is 15.5 Å². The highest BCUT2D eigenvalue weighted by Crippen LogP contribution is 2.36. The number of aliphatic carboxylic acids is 1. The van der Waals surface area contributed by atoms with Crippen molar-refractivity contribution in [1.82, 2.24) is 5.32 Å². The maximum absolute atomic E-state index is 12.1. The molecule has 1 aliphatic rings. The highest BCUT2D eigenvalue weighted by Gasteiger charge is 2.39. The highest BCUT2D eigenvalue weighted by atomic mass is 35.5. The molecular weight excluding hydrogens is 294 g/mol. The molecule has 1 fully saturated rings. The Hall–Kier alpha value is -1.75. The van der Waals surface area contributed by atoms with Gasteiger partial charge in [-0.1, -0.05) is 30.9 Å². The van der Waals surface area contributed by atoms with E-state index in [9.17, 15) is 19.8 Å². The molecule has 114 valence electrons. The van der Waals surface area contributed by atoms with Crippen LogP contribution in [0.2, 0.25) is 5.02 Å². The topological polar surface area (TPSA) is 86.6 Å². The first kappa shape index (κ1) is 15.6. The average Bonchev–Trinajstić information content (AvgIpc) is 2.45. The molecule has 2 rings (SSSR count). The van der Waals surface area contributed by atoms with Crippen LogP contribution in [0, 0.1) is 5.41 Å². The number of carbonyl (C=O) groups is 2. The average molecular weight is 312 g/mol. The molecule has 1 aromatic carbocycles. The van der Waals surface area contributed by atoms with E-state index >= 15 is 0 Å². The van der Waals surface area contributed by atoms with Crippen LogP contribution >= 0.6 is 11.6 Å². The van der Waals surface area contributed by atoms with E-state index in [1.54, 1.807) is 0 Å². The smallest absolute Gasteiger partial charge is 0.311 e. The van der Waals surface area contributed by atoms with Crippen molar-refractivity contribution < 1.29 is 19.8 Å². The Labute approximate surface area is 127 Å². The minimum atomic E-state index is -0.893. The van der Waals surface area contributed by atoms with Gasteiger partial charge >= 0.3 is 5.97 Å². The summed E-state index contributed by atoms with van der Waals surface area (Å²) in [6.07, 6.45) is 3.87. The monoisotopic (exact) mass is 311 g/mol. The summed E-state index contributed by atoms with van der Waals surface area (Å²) in [5, 5.41) is 22.1. The van der Waals surface area contributed by atoms with Gasteiger partial charge in [0.15, 0.2) is 0 Å². The van der Waals surface area contributed by atoms with Gasteiger partial charge in [-0.25, -0.2) is 0 Å². The number of aromatic hydroxyl groups is 1. The molecule has 0 unspecified atom stereocenters. The third kappa shape index (κ3) is 3.47. The molecule has 0 aliphatic heterocycles. The third-order valence-electron chi connectivity index (χ3n) is 4.06. The summed E-state index contributed by atoms with van der Waals surface area (Å²) in [4.78, 5) is 23.6. The molecule has 0 bridgehead atoms. The van der Waals surface area contributed by atoms with E-state index in [2.05, 4.69) is 5.32 Å². The lowest BCUT2D eigenvalue weighted by molar-refractivity contribution is -0.150. The van der Waals surface area contributed by atoms with Gasteiger partial charge in [0.05, 0.1) is 11.0 Å². The van der Waals surface area contributed by atoms with Crippen LogP contribution in [0.4, 0.5) is 0 Å². The molecule has 5 nitrogen and oxygen atoms in total. The molecule has 1 saturated carbocycles. The quantitative estimate of drug-likeness (QED) is 0.798. The molecule has 0 atom stereocenters. The van der Waals surface area contributed by atoms with Crippen molar-refractivity contribution in [2.24, 2.45) is 5.41 Å². The zero-order valence-corrected chi connectivity index (χ0v) is 12.3.